The predicted octanol–water partition coefficient (Wildman–Crippen LogP) is 2.46. The van der Waals surface area contributed by atoms with Crippen LogP contribution in [0.15, 0.2) is 36.5 Å². The molecule has 0 saturated heterocycles. The van der Waals surface area contributed by atoms with Crippen molar-refractivity contribution in [2.24, 2.45) is 0 Å². The number of halogens is 2. The van der Waals surface area contributed by atoms with Crippen LogP contribution in [0.1, 0.15) is 53.4 Å². The molecule has 0 radical (unpaired) electrons. The smallest absolute Gasteiger partial charge is 0.271 e. The lowest BCUT2D eigenvalue weighted by Crippen LogP contribution is -2.47. The number of pyridine rings is 1. The second kappa shape index (κ2) is 8.69. The Morgan fingerprint density at radius 1 is 1.26 bits per heavy atom. The Labute approximate surface area is 198 Å². The molecule has 1 fully saturated rings. The minimum atomic E-state index is -1.28. The predicted molar refractivity (Wildman–Crippen MR) is 119 cm³/mol. The first-order chi connectivity index (χ1) is 16.8. The van der Waals surface area contributed by atoms with Crippen molar-refractivity contribution >= 4 is 11.6 Å². The molecule has 0 aliphatic heterocycles. The Morgan fingerprint density at radius 2 is 2.00 bits per heavy atom. The zero-order valence-electron chi connectivity index (χ0n) is 19.1. The van der Waals surface area contributed by atoms with Crippen LogP contribution in [0.25, 0.3) is 5.65 Å². The number of carbonyl (C=O) groups excluding carboxylic acids is 1. The molecule has 1 aliphatic carbocycles. The second-order valence-electron chi connectivity index (χ2n) is 8.71. The fraction of sp³-hybridized carbons (Fsp3) is 0.348. The van der Waals surface area contributed by atoms with Crippen LogP contribution in [0.4, 0.5) is 8.78 Å². The van der Waals surface area contributed by atoms with E-state index in [0.29, 0.717) is 11.3 Å². The monoisotopic (exact) mass is 483 g/mol. The third-order valence-electron chi connectivity index (χ3n) is 5.94. The summed E-state index contributed by atoms with van der Waals surface area (Å²) in [7, 11) is 0. The van der Waals surface area contributed by atoms with Gasteiger partial charge in [0.25, 0.3) is 5.91 Å². The molecule has 1 aromatic carbocycles. The molecular formula is C23H23F2N7O3. The molecule has 5 rings (SSSR count). The minimum Gasteiger partial charge on any atom is -0.485 e. The Morgan fingerprint density at radius 3 is 2.69 bits per heavy atom. The highest BCUT2D eigenvalue weighted by atomic mass is 19.1. The molecule has 1 unspecified atom stereocenters. The summed E-state index contributed by atoms with van der Waals surface area (Å²) >= 11 is 0. The molecule has 3 heterocycles. The lowest BCUT2D eigenvalue weighted by molar-refractivity contribution is 0.0832. The van der Waals surface area contributed by atoms with E-state index in [0.717, 1.165) is 25.0 Å². The number of nitrogens with zero attached hydrogens (tertiary/aromatic N) is 6. The Hall–Kier alpha value is -3.93. The number of aliphatic hydroxyl groups is 1. The molecule has 10 nitrogen and oxygen atoms in total. The van der Waals surface area contributed by atoms with Gasteiger partial charge in [-0.05, 0) is 56.2 Å². The van der Waals surface area contributed by atoms with Gasteiger partial charge in [0.1, 0.15) is 29.5 Å². The van der Waals surface area contributed by atoms with Gasteiger partial charge in [0.15, 0.2) is 11.4 Å². The van der Waals surface area contributed by atoms with Gasteiger partial charge in [-0.3, -0.25) is 9.20 Å². The number of ether oxygens (including phenoxy) is 1. The van der Waals surface area contributed by atoms with Crippen molar-refractivity contribution in [3.05, 3.63) is 70.9 Å². The zero-order valence-corrected chi connectivity index (χ0v) is 19.1. The molecule has 0 spiro atoms. The standard InChI is InChI=1S/C23H23F2N7O3/c1-13-19(21(34)27-23(2,12-33)22-28-30-32(29-22)14-8-9-14)31-10-4-7-18(20(31)26-13)35-11-15-16(24)5-3-6-17(15)25/h3-7,10,14,33H,8-9,11-12H2,1-2H3,(H,27,34). The van der Waals surface area contributed by atoms with Crippen LogP contribution in [0, 0.1) is 18.6 Å². The molecule has 182 valence electrons. The van der Waals surface area contributed by atoms with Gasteiger partial charge in [-0.25, -0.2) is 13.8 Å². The molecule has 1 saturated carbocycles. The molecular weight excluding hydrogens is 460 g/mol. The summed E-state index contributed by atoms with van der Waals surface area (Å²) in [5.41, 5.74) is -0.587. The Kier molecular flexibility index (Phi) is 5.67. The SMILES string of the molecule is Cc1nc2c(OCc3c(F)cccc3F)cccn2c1C(=O)NC(C)(CO)c1nnn(C2CC2)n1. The Bertz CT molecular complexity index is 1400. The van der Waals surface area contributed by atoms with E-state index in [4.69, 9.17) is 4.74 Å². The lowest BCUT2D eigenvalue weighted by Gasteiger charge is -2.25. The number of nitrogens with one attached hydrogen (secondary N) is 1. The van der Waals surface area contributed by atoms with Crippen LogP contribution in [-0.2, 0) is 12.1 Å². The highest BCUT2D eigenvalue weighted by molar-refractivity contribution is 5.95. The largest absolute Gasteiger partial charge is 0.485 e. The average Bonchev–Trinajstić information content (AvgIpc) is 3.44. The van der Waals surface area contributed by atoms with E-state index >= 15 is 0 Å². The topological polar surface area (TPSA) is 119 Å². The highest BCUT2D eigenvalue weighted by Crippen LogP contribution is 2.33. The van der Waals surface area contributed by atoms with Crippen LogP contribution < -0.4 is 10.1 Å². The fourth-order valence-electron chi connectivity index (χ4n) is 3.74. The fourth-order valence-corrected chi connectivity index (χ4v) is 3.74. The van der Waals surface area contributed by atoms with Crippen LogP contribution in [0.2, 0.25) is 0 Å². The maximum absolute atomic E-state index is 14.0. The van der Waals surface area contributed by atoms with E-state index in [1.165, 1.54) is 15.3 Å². The third-order valence-corrected chi connectivity index (χ3v) is 5.94. The van der Waals surface area contributed by atoms with E-state index in [1.807, 2.05) is 0 Å². The quantitative estimate of drug-likeness (QED) is 0.395. The van der Waals surface area contributed by atoms with Gasteiger partial charge >= 0.3 is 0 Å². The summed E-state index contributed by atoms with van der Waals surface area (Å²) in [4.78, 5) is 19.2. The molecule has 4 aromatic rings. The van der Waals surface area contributed by atoms with E-state index in [9.17, 15) is 18.7 Å². The van der Waals surface area contributed by atoms with Gasteiger partial charge in [-0.15, -0.1) is 10.2 Å². The first-order valence-electron chi connectivity index (χ1n) is 11.1. The first kappa shape index (κ1) is 22.8. The van der Waals surface area contributed by atoms with E-state index in [1.54, 1.807) is 32.2 Å². The van der Waals surface area contributed by atoms with Crippen molar-refractivity contribution in [3.63, 3.8) is 0 Å². The number of tetrazole rings is 1. The summed E-state index contributed by atoms with van der Waals surface area (Å²) < 4.78 is 35.2. The number of aliphatic hydroxyl groups excluding tert-OH is 1. The maximum atomic E-state index is 14.0. The van der Waals surface area contributed by atoms with E-state index < -0.39 is 29.7 Å². The van der Waals surface area contributed by atoms with Gasteiger partial charge in [-0.1, -0.05) is 6.07 Å². The van der Waals surface area contributed by atoms with Crippen LogP contribution in [-0.4, -0.2) is 47.2 Å². The molecule has 1 amide bonds. The second-order valence-corrected chi connectivity index (χ2v) is 8.71. The normalized spacial score (nSPS) is 15.2. The molecule has 35 heavy (non-hydrogen) atoms. The molecule has 2 N–H and O–H groups in total. The number of hydrogen-bond donors (Lipinski definition) is 2. The third kappa shape index (κ3) is 4.20. The molecule has 1 atom stereocenters. The van der Waals surface area contributed by atoms with Gasteiger partial charge in [-0.2, -0.15) is 4.80 Å². The number of hydrogen-bond acceptors (Lipinski definition) is 7. The number of aromatic nitrogens is 6. The number of carbonyl (C=O) groups is 1. The highest BCUT2D eigenvalue weighted by Gasteiger charge is 2.36. The van der Waals surface area contributed by atoms with Crippen molar-refractivity contribution in [1.82, 2.24) is 34.9 Å². The summed E-state index contributed by atoms with van der Waals surface area (Å²) in [5.74, 6) is -1.51. The lowest BCUT2D eigenvalue weighted by atomic mass is 10.0. The maximum Gasteiger partial charge on any atom is 0.271 e. The first-order valence-corrected chi connectivity index (χ1v) is 11.1. The van der Waals surface area contributed by atoms with E-state index in [2.05, 4.69) is 25.7 Å². The molecule has 3 aromatic heterocycles. The summed E-state index contributed by atoms with van der Waals surface area (Å²) in [5, 5.41) is 25.2. The summed E-state index contributed by atoms with van der Waals surface area (Å²) in [6, 6.07) is 7.01. The van der Waals surface area contributed by atoms with Gasteiger partial charge in [0.2, 0.25) is 5.82 Å². The number of imidazole rings is 1. The van der Waals surface area contributed by atoms with Crippen molar-refractivity contribution < 1.29 is 23.4 Å². The Balaban J connectivity index is 1.42. The average molecular weight is 483 g/mol. The van der Waals surface area contributed by atoms with Crippen LogP contribution >= 0.6 is 0 Å². The van der Waals surface area contributed by atoms with Crippen molar-refractivity contribution in [3.8, 4) is 5.75 Å². The van der Waals surface area contributed by atoms with Crippen molar-refractivity contribution in [1.29, 1.82) is 0 Å². The van der Waals surface area contributed by atoms with Crippen LogP contribution in [0.5, 0.6) is 5.75 Å². The minimum absolute atomic E-state index is 0.197. The number of aryl methyl sites for hydroxylation is 1. The molecule has 0 bridgehead atoms. The number of fused-ring (bicyclic) bond motifs is 1. The molecule has 12 heteroatoms. The summed E-state index contributed by atoms with van der Waals surface area (Å²) in [6.07, 6.45) is 3.55. The van der Waals surface area contributed by atoms with Gasteiger partial charge < -0.3 is 15.2 Å². The van der Waals surface area contributed by atoms with Crippen molar-refractivity contribution in [2.45, 2.75) is 44.9 Å². The zero-order chi connectivity index (χ0) is 24.7. The number of benzene rings is 1. The van der Waals surface area contributed by atoms with Gasteiger partial charge in [0.05, 0.1) is 23.9 Å². The summed E-state index contributed by atoms with van der Waals surface area (Å²) in [6.45, 7) is 2.46. The van der Waals surface area contributed by atoms with Crippen LogP contribution in [0.3, 0.4) is 0 Å². The van der Waals surface area contributed by atoms with E-state index in [-0.39, 0.29) is 35.5 Å². The van der Waals surface area contributed by atoms with Gasteiger partial charge in [0, 0.05) is 6.20 Å². The number of rotatable bonds is 8. The number of amides is 1. The van der Waals surface area contributed by atoms with Crippen molar-refractivity contribution in [2.75, 3.05) is 6.61 Å². The molecule has 1 aliphatic rings.